The molecule has 1 aliphatic rings. The number of rotatable bonds is 5. The first-order valence-corrected chi connectivity index (χ1v) is 8.81. The van der Waals surface area contributed by atoms with Gasteiger partial charge in [0.05, 0.1) is 13.2 Å². The molecule has 9 nitrogen and oxygen atoms in total. The van der Waals surface area contributed by atoms with Gasteiger partial charge in [-0.1, -0.05) is 35.5 Å². The Morgan fingerprint density at radius 3 is 2.64 bits per heavy atom. The second kappa shape index (κ2) is 10.4. The lowest BCUT2D eigenvalue weighted by atomic mass is 10.1. The third-order valence-electron chi connectivity index (χ3n) is 4.18. The number of carboxylic acids is 1. The molecule has 2 N–H and O–H groups in total. The van der Waals surface area contributed by atoms with Crippen LogP contribution in [0.15, 0.2) is 34.9 Å². The maximum atomic E-state index is 11.9. The van der Waals surface area contributed by atoms with Crippen molar-refractivity contribution in [1.29, 1.82) is 0 Å². The molecule has 2 heterocycles. The average Bonchev–Trinajstić information content (AvgIpc) is 2.98. The van der Waals surface area contributed by atoms with Gasteiger partial charge in [-0.3, -0.25) is 4.79 Å². The number of hydrogen-bond acceptors (Lipinski definition) is 7. The van der Waals surface area contributed by atoms with E-state index in [4.69, 9.17) is 19.2 Å². The van der Waals surface area contributed by atoms with E-state index in [1.165, 1.54) is 0 Å². The summed E-state index contributed by atoms with van der Waals surface area (Å²) < 4.78 is 11.1. The number of nitrogens with zero attached hydrogens (tertiary/aromatic N) is 3. The normalized spacial score (nSPS) is 16.8. The molecule has 0 amide bonds. The largest absolute Gasteiger partial charge is 0.483 e. The smallest absolute Gasteiger partial charge is 0.343 e. The fraction of sp³-hybridized carbons (Fsp3) is 0.421. The summed E-state index contributed by atoms with van der Waals surface area (Å²) >= 11 is 0. The minimum atomic E-state index is -1.04. The Balaban J connectivity index is 0.000000878. The number of aromatic carboxylic acids is 1. The van der Waals surface area contributed by atoms with Crippen molar-refractivity contribution in [3.63, 3.8) is 0 Å². The average molecular weight is 391 g/mol. The van der Waals surface area contributed by atoms with E-state index >= 15 is 0 Å². The number of ether oxygens (including phenoxy) is 1. The maximum absolute atomic E-state index is 11.9. The summed E-state index contributed by atoms with van der Waals surface area (Å²) in [6.45, 7) is 3.07. The van der Waals surface area contributed by atoms with Crippen LogP contribution in [0.5, 0.6) is 0 Å². The predicted octanol–water partition coefficient (Wildman–Crippen LogP) is 1.75. The lowest BCUT2D eigenvalue weighted by Crippen LogP contribution is -2.35. The summed E-state index contributed by atoms with van der Waals surface area (Å²) in [5.41, 5.74) is 0.811. The van der Waals surface area contributed by atoms with Gasteiger partial charge in [0.2, 0.25) is 0 Å². The Labute approximate surface area is 163 Å². The van der Waals surface area contributed by atoms with E-state index in [1.54, 1.807) is 0 Å². The van der Waals surface area contributed by atoms with Crippen LogP contribution in [0.2, 0.25) is 0 Å². The predicted molar refractivity (Wildman–Crippen MR) is 103 cm³/mol. The van der Waals surface area contributed by atoms with Crippen molar-refractivity contribution in [3.05, 3.63) is 35.9 Å². The zero-order valence-corrected chi connectivity index (χ0v) is 15.9. The Morgan fingerprint density at radius 2 is 2.04 bits per heavy atom. The Hall–Kier alpha value is -2.91. The molecule has 1 unspecified atom stereocenters. The molecule has 1 aromatic heterocycles. The van der Waals surface area contributed by atoms with Crippen LogP contribution in [0, 0.1) is 5.92 Å². The molecule has 3 rings (SSSR count). The molecule has 1 aliphatic heterocycles. The second-order valence-corrected chi connectivity index (χ2v) is 6.64. The van der Waals surface area contributed by atoms with Gasteiger partial charge in [0.25, 0.3) is 6.47 Å². The zero-order chi connectivity index (χ0) is 20.5. The summed E-state index contributed by atoms with van der Waals surface area (Å²) in [6.07, 6.45) is 0. The minimum absolute atomic E-state index is 0.108. The molecule has 0 radical (unpaired) electrons. The number of aromatic nitrogens is 1. The first-order valence-electron chi connectivity index (χ1n) is 8.81. The first-order chi connectivity index (χ1) is 13.5. The maximum Gasteiger partial charge on any atom is 0.343 e. The van der Waals surface area contributed by atoms with Gasteiger partial charge >= 0.3 is 5.97 Å². The quantitative estimate of drug-likeness (QED) is 0.735. The van der Waals surface area contributed by atoms with E-state index in [0.717, 1.165) is 6.54 Å². The summed E-state index contributed by atoms with van der Waals surface area (Å²) in [4.78, 5) is 24.3. The Bertz CT molecular complexity index is 762. The fourth-order valence-corrected chi connectivity index (χ4v) is 3.18. The highest BCUT2D eigenvalue weighted by Crippen LogP contribution is 2.32. The highest BCUT2D eigenvalue weighted by Gasteiger charge is 2.30. The van der Waals surface area contributed by atoms with Gasteiger partial charge in [-0.15, -0.1) is 0 Å². The van der Waals surface area contributed by atoms with Gasteiger partial charge in [0, 0.05) is 31.1 Å². The molecule has 0 aliphatic carbocycles. The van der Waals surface area contributed by atoms with Crippen LogP contribution < -0.4 is 4.90 Å². The van der Waals surface area contributed by atoms with Crippen molar-refractivity contribution in [1.82, 2.24) is 10.1 Å². The third-order valence-corrected chi connectivity index (χ3v) is 4.18. The molecule has 9 heteroatoms. The highest BCUT2D eigenvalue weighted by atomic mass is 16.5. The van der Waals surface area contributed by atoms with Crippen LogP contribution >= 0.6 is 0 Å². The summed E-state index contributed by atoms with van der Waals surface area (Å²) in [5, 5.41) is 20.7. The molecule has 0 bridgehead atoms. The van der Waals surface area contributed by atoms with Gasteiger partial charge < -0.3 is 29.3 Å². The molecule has 1 saturated heterocycles. The Morgan fingerprint density at radius 1 is 1.36 bits per heavy atom. The van der Waals surface area contributed by atoms with Crippen molar-refractivity contribution >= 4 is 18.3 Å². The van der Waals surface area contributed by atoms with Crippen molar-refractivity contribution < 1.29 is 29.1 Å². The van der Waals surface area contributed by atoms with Crippen molar-refractivity contribution in [3.8, 4) is 11.3 Å². The van der Waals surface area contributed by atoms with Crippen molar-refractivity contribution in [2.45, 2.75) is 0 Å². The number of carbonyl (C=O) groups is 2. The third kappa shape index (κ3) is 5.54. The van der Waals surface area contributed by atoms with E-state index in [2.05, 4.69) is 10.1 Å². The van der Waals surface area contributed by atoms with Gasteiger partial charge in [-0.2, -0.15) is 0 Å². The van der Waals surface area contributed by atoms with Crippen LogP contribution in [-0.4, -0.2) is 79.7 Å². The van der Waals surface area contributed by atoms with E-state index in [1.807, 2.05) is 49.3 Å². The molecule has 28 heavy (non-hydrogen) atoms. The number of anilines is 1. The number of hydrogen-bond donors (Lipinski definition) is 2. The van der Waals surface area contributed by atoms with Crippen LogP contribution in [-0.2, 0) is 9.53 Å². The van der Waals surface area contributed by atoms with Crippen molar-refractivity contribution in [2.75, 3.05) is 51.8 Å². The molecule has 0 spiro atoms. The summed E-state index contributed by atoms with van der Waals surface area (Å²) in [5.74, 6) is -0.0986. The second-order valence-electron chi connectivity index (χ2n) is 6.64. The van der Waals surface area contributed by atoms with E-state index in [0.29, 0.717) is 37.7 Å². The molecule has 1 fully saturated rings. The molecular formula is C19H25N3O6. The van der Waals surface area contributed by atoms with Crippen LogP contribution in [0.1, 0.15) is 10.4 Å². The lowest BCUT2D eigenvalue weighted by Gasteiger charge is -2.25. The lowest BCUT2D eigenvalue weighted by molar-refractivity contribution is -0.122. The van der Waals surface area contributed by atoms with Gasteiger partial charge in [-0.25, -0.2) is 4.79 Å². The van der Waals surface area contributed by atoms with Crippen LogP contribution in [0.3, 0.4) is 0 Å². The van der Waals surface area contributed by atoms with Crippen molar-refractivity contribution in [2.24, 2.45) is 5.92 Å². The van der Waals surface area contributed by atoms with Crippen LogP contribution in [0.25, 0.3) is 11.3 Å². The molecular weight excluding hydrogens is 366 g/mol. The summed E-state index contributed by atoms with van der Waals surface area (Å²) in [6, 6.07) is 9.19. The topological polar surface area (TPSA) is 116 Å². The zero-order valence-electron chi connectivity index (χ0n) is 15.9. The summed E-state index contributed by atoms with van der Waals surface area (Å²) in [7, 11) is 4.03. The standard InChI is InChI=1S/C18H23N3O4.CH2O2/c1-20(2)10-13-11-21(8-9-24-12-13)17-15(18(22)23)16(25-19-17)14-6-4-3-5-7-14;2-1-3/h3-7,13H,8-12H2,1-2H3,(H,22,23);1H,(H,2,3). The highest BCUT2D eigenvalue weighted by molar-refractivity contribution is 5.99. The Kier molecular flexibility index (Phi) is 7.97. The molecule has 0 saturated carbocycles. The first kappa shape index (κ1) is 21.4. The molecule has 2 aromatic rings. The monoisotopic (exact) mass is 391 g/mol. The number of benzene rings is 1. The fourth-order valence-electron chi connectivity index (χ4n) is 3.18. The number of carboxylic acid groups (broad SMARTS) is 2. The SMILES string of the molecule is CN(C)CC1COCCN(c2noc(-c3ccccc3)c2C(=O)O)C1.O=CO. The van der Waals surface area contributed by atoms with E-state index in [9.17, 15) is 9.90 Å². The van der Waals surface area contributed by atoms with Gasteiger partial charge in [0.1, 0.15) is 0 Å². The molecule has 152 valence electrons. The van der Waals surface area contributed by atoms with E-state index < -0.39 is 5.97 Å². The van der Waals surface area contributed by atoms with Gasteiger partial charge in [-0.05, 0) is 14.1 Å². The van der Waals surface area contributed by atoms with Crippen LogP contribution in [0.4, 0.5) is 5.82 Å². The molecule has 1 atom stereocenters. The molecule has 1 aromatic carbocycles. The minimum Gasteiger partial charge on any atom is -0.483 e. The van der Waals surface area contributed by atoms with Gasteiger partial charge in [0.15, 0.2) is 17.1 Å². The van der Waals surface area contributed by atoms with E-state index in [-0.39, 0.29) is 23.7 Å².